The molecule has 1 unspecified atom stereocenters. The van der Waals surface area contributed by atoms with Crippen LogP contribution in [0.25, 0.3) is 11.1 Å². The maximum atomic E-state index is 12.2. The summed E-state index contributed by atoms with van der Waals surface area (Å²) in [4.78, 5) is 23.5. The molecule has 0 bridgehead atoms. The summed E-state index contributed by atoms with van der Waals surface area (Å²) < 4.78 is 45.8. The minimum atomic E-state index is -4.45. The fraction of sp³-hybridized carbons (Fsp3) is 0.333. The highest BCUT2D eigenvalue weighted by atomic mass is 32.2. The van der Waals surface area contributed by atoms with Crippen molar-refractivity contribution in [3.63, 3.8) is 0 Å². The number of carboxylic acid groups (broad SMARTS) is 1. The van der Waals surface area contributed by atoms with E-state index >= 15 is 0 Å². The Hall–Kier alpha value is -2.72. The number of alkyl halides is 3. The lowest BCUT2D eigenvalue weighted by atomic mass is 9.98. The van der Waals surface area contributed by atoms with E-state index in [0.717, 1.165) is 34.0 Å². The molecule has 1 amide bonds. The summed E-state index contributed by atoms with van der Waals surface area (Å²) in [5, 5.41) is 11.5. The van der Waals surface area contributed by atoms with Gasteiger partial charge in [-0.2, -0.15) is 13.2 Å². The van der Waals surface area contributed by atoms with Crippen molar-refractivity contribution in [2.24, 2.45) is 0 Å². The molecule has 10 heteroatoms. The number of carbonyl (C=O) groups is 2. The van der Waals surface area contributed by atoms with E-state index in [1.807, 2.05) is 48.5 Å². The van der Waals surface area contributed by atoms with Crippen LogP contribution in [0.2, 0.25) is 0 Å². The van der Waals surface area contributed by atoms with Crippen LogP contribution in [0.1, 0.15) is 17.0 Å². The Balaban J connectivity index is 1.52. The number of hydrogen-bond acceptors (Lipinski definition) is 5. The van der Waals surface area contributed by atoms with Gasteiger partial charge in [-0.25, -0.2) is 9.59 Å². The van der Waals surface area contributed by atoms with Crippen LogP contribution in [-0.2, 0) is 14.3 Å². The number of benzene rings is 2. The molecule has 0 aromatic heterocycles. The third-order valence-electron chi connectivity index (χ3n) is 4.65. The lowest BCUT2D eigenvalue weighted by molar-refractivity contribution is -0.168. The number of ether oxygens (including phenoxy) is 2. The van der Waals surface area contributed by atoms with E-state index in [1.54, 1.807) is 0 Å². The molecule has 31 heavy (non-hydrogen) atoms. The van der Waals surface area contributed by atoms with Crippen LogP contribution in [-0.4, -0.2) is 54.3 Å². The number of carbonyl (C=O) groups excluding carboxylic acids is 1. The van der Waals surface area contributed by atoms with Crippen LogP contribution in [0.15, 0.2) is 48.5 Å². The highest BCUT2D eigenvalue weighted by Crippen LogP contribution is 2.44. The van der Waals surface area contributed by atoms with Crippen LogP contribution in [0, 0.1) is 0 Å². The van der Waals surface area contributed by atoms with E-state index in [-0.39, 0.29) is 24.2 Å². The lowest BCUT2D eigenvalue weighted by Gasteiger charge is -2.17. The molecule has 6 nitrogen and oxygen atoms in total. The molecule has 0 heterocycles. The van der Waals surface area contributed by atoms with E-state index in [0.29, 0.717) is 0 Å². The molecule has 1 aliphatic rings. The Labute approximate surface area is 180 Å². The van der Waals surface area contributed by atoms with E-state index in [9.17, 15) is 27.9 Å². The molecular weight excluding hydrogens is 435 g/mol. The first-order chi connectivity index (χ1) is 14.8. The molecule has 0 aliphatic heterocycles. The third-order valence-corrected chi connectivity index (χ3v) is 5.55. The van der Waals surface area contributed by atoms with Crippen molar-refractivity contribution in [2.45, 2.75) is 18.1 Å². The van der Waals surface area contributed by atoms with Gasteiger partial charge in [-0.15, -0.1) is 11.8 Å². The SMILES string of the molecule is O=C(NC(CSCOCC(F)(F)F)C(=O)O)OCC1c2ccccc2-c2ccccc21. The minimum Gasteiger partial charge on any atom is -0.480 e. The second-order valence-corrected chi connectivity index (χ2v) is 7.79. The van der Waals surface area contributed by atoms with Gasteiger partial charge in [-0.1, -0.05) is 48.5 Å². The number of hydrogen-bond donors (Lipinski definition) is 2. The van der Waals surface area contributed by atoms with Gasteiger partial charge in [0.25, 0.3) is 0 Å². The number of fused-ring (bicyclic) bond motifs is 3. The van der Waals surface area contributed by atoms with Gasteiger partial charge in [-0.3, -0.25) is 0 Å². The zero-order valence-corrected chi connectivity index (χ0v) is 17.0. The van der Waals surface area contributed by atoms with Crippen LogP contribution >= 0.6 is 11.8 Å². The summed E-state index contributed by atoms with van der Waals surface area (Å²) >= 11 is 0.824. The van der Waals surface area contributed by atoms with Gasteiger partial charge >= 0.3 is 18.2 Å². The fourth-order valence-electron chi connectivity index (χ4n) is 3.34. The number of aliphatic carboxylic acids is 1. The van der Waals surface area contributed by atoms with E-state index in [4.69, 9.17) is 4.74 Å². The van der Waals surface area contributed by atoms with Gasteiger partial charge < -0.3 is 19.9 Å². The zero-order valence-electron chi connectivity index (χ0n) is 16.2. The first-order valence-corrected chi connectivity index (χ1v) is 10.5. The maximum absolute atomic E-state index is 12.2. The minimum absolute atomic E-state index is 0.0219. The van der Waals surface area contributed by atoms with Crippen molar-refractivity contribution in [3.05, 3.63) is 59.7 Å². The number of alkyl carbamates (subject to hydrolysis) is 1. The summed E-state index contributed by atoms with van der Waals surface area (Å²) in [6, 6.07) is 14.2. The predicted octanol–water partition coefficient (Wildman–Crippen LogP) is 4.25. The molecule has 0 fully saturated rings. The fourth-order valence-corrected chi connectivity index (χ4v) is 4.10. The first-order valence-electron chi connectivity index (χ1n) is 9.33. The Bertz CT molecular complexity index is 892. The second kappa shape index (κ2) is 10.1. The highest BCUT2D eigenvalue weighted by molar-refractivity contribution is 7.99. The number of amides is 1. The number of thioether (sulfide) groups is 1. The van der Waals surface area contributed by atoms with Crippen molar-refractivity contribution in [1.29, 1.82) is 0 Å². The monoisotopic (exact) mass is 455 g/mol. The Morgan fingerprint density at radius 1 is 1.06 bits per heavy atom. The van der Waals surface area contributed by atoms with Crippen LogP contribution < -0.4 is 5.32 Å². The number of nitrogens with one attached hydrogen (secondary N) is 1. The Morgan fingerprint density at radius 3 is 2.19 bits per heavy atom. The molecule has 2 aromatic rings. The van der Waals surface area contributed by atoms with Gasteiger partial charge in [-0.05, 0) is 22.3 Å². The molecule has 0 saturated heterocycles. The van der Waals surface area contributed by atoms with Gasteiger partial charge in [0, 0.05) is 11.7 Å². The van der Waals surface area contributed by atoms with Gasteiger partial charge in [0.05, 0.1) is 5.94 Å². The summed E-state index contributed by atoms with van der Waals surface area (Å²) in [5.41, 5.74) is 4.16. The molecule has 0 radical (unpaired) electrons. The van der Waals surface area contributed by atoms with Crippen LogP contribution in [0.3, 0.4) is 0 Å². The topological polar surface area (TPSA) is 84.9 Å². The molecule has 166 valence electrons. The standard InChI is InChI=1S/C21H20F3NO5S/c22-21(23,24)11-29-12-31-10-18(19(26)27)25-20(28)30-9-17-15-7-3-1-5-13(15)14-6-2-4-8-16(14)17/h1-8,17-18H,9-12H2,(H,25,28)(H,26,27). The number of halogens is 3. The summed E-state index contributed by atoms with van der Waals surface area (Å²) in [7, 11) is 0. The number of rotatable bonds is 9. The number of carboxylic acids is 1. The smallest absolute Gasteiger partial charge is 0.411 e. The summed E-state index contributed by atoms with van der Waals surface area (Å²) in [6.45, 7) is -1.40. The van der Waals surface area contributed by atoms with Crippen LogP contribution in [0.5, 0.6) is 0 Å². The molecule has 1 aliphatic carbocycles. The largest absolute Gasteiger partial charge is 0.480 e. The first kappa shape index (κ1) is 23.0. The predicted molar refractivity (Wildman–Crippen MR) is 109 cm³/mol. The molecule has 1 atom stereocenters. The van der Waals surface area contributed by atoms with E-state index < -0.39 is 30.9 Å². The molecule has 0 saturated carbocycles. The van der Waals surface area contributed by atoms with Crippen molar-refractivity contribution >= 4 is 23.8 Å². The quantitative estimate of drug-likeness (QED) is 0.435. The highest BCUT2D eigenvalue weighted by Gasteiger charge is 2.30. The molecule has 2 N–H and O–H groups in total. The van der Waals surface area contributed by atoms with Crippen molar-refractivity contribution in [3.8, 4) is 11.1 Å². The van der Waals surface area contributed by atoms with Crippen molar-refractivity contribution < 1.29 is 37.3 Å². The van der Waals surface area contributed by atoms with Crippen molar-refractivity contribution in [2.75, 3.05) is 24.9 Å². The van der Waals surface area contributed by atoms with Crippen LogP contribution in [0.4, 0.5) is 18.0 Å². The van der Waals surface area contributed by atoms with Crippen molar-refractivity contribution in [1.82, 2.24) is 5.32 Å². The molecule has 0 spiro atoms. The molecule has 2 aromatic carbocycles. The second-order valence-electron chi connectivity index (χ2n) is 6.81. The third kappa shape index (κ3) is 6.14. The molecule has 3 rings (SSSR count). The lowest BCUT2D eigenvalue weighted by Crippen LogP contribution is -2.43. The average Bonchev–Trinajstić information content (AvgIpc) is 3.04. The van der Waals surface area contributed by atoms with Gasteiger partial charge in [0.1, 0.15) is 19.3 Å². The zero-order chi connectivity index (χ0) is 22.4. The van der Waals surface area contributed by atoms with E-state index in [1.165, 1.54) is 0 Å². The Kier molecular flexibility index (Phi) is 7.45. The van der Waals surface area contributed by atoms with E-state index in [2.05, 4.69) is 10.1 Å². The molecular formula is C21H20F3NO5S. The maximum Gasteiger partial charge on any atom is 0.411 e. The Morgan fingerprint density at radius 2 is 1.65 bits per heavy atom. The summed E-state index contributed by atoms with van der Waals surface area (Å²) in [5.74, 6) is -2.02. The summed E-state index contributed by atoms with van der Waals surface area (Å²) in [6.07, 6.45) is -5.36. The van der Waals surface area contributed by atoms with Gasteiger partial charge in [0.15, 0.2) is 0 Å². The average molecular weight is 455 g/mol. The van der Waals surface area contributed by atoms with Gasteiger partial charge in [0.2, 0.25) is 0 Å². The normalized spacial score (nSPS) is 13.9.